The SMILES string of the molecule is C.C.C.C.C.C.C.C.C.C.C.C.C.C.C.C.C.C.C.C.C.C.C.C.C.C.C.C.C.C.C.C.C.C.C.C.C.C.[B]=S=S. The van der Waals surface area contributed by atoms with E-state index in [4.69, 9.17) is 0 Å². The van der Waals surface area contributed by atoms with E-state index in [1.165, 1.54) is 0 Å². The van der Waals surface area contributed by atoms with E-state index in [1.54, 1.807) is 0 Å². The minimum absolute atomic E-state index is 0. The van der Waals surface area contributed by atoms with Gasteiger partial charge in [-0.3, -0.25) is 0 Å². The predicted octanol–water partition coefficient (Wildman–Crippen LogP) is 23.8. The van der Waals surface area contributed by atoms with Gasteiger partial charge in [0.15, 0.2) is 0 Å². The van der Waals surface area contributed by atoms with E-state index in [-0.39, 0.29) is 282 Å². The van der Waals surface area contributed by atoms with Gasteiger partial charge in [0.1, 0.15) is 0 Å². The molecule has 0 aromatic carbocycles. The Morgan fingerprint density at radius 3 is 0.171 bits per heavy atom. The molecule has 0 heterocycles. The normalized spacial score (nSPS) is 0.268. The molecule has 0 saturated carbocycles. The molecule has 0 nitrogen and oxygen atoms in total. The molecule has 0 N–H and O–H groups in total. The summed E-state index contributed by atoms with van der Waals surface area (Å²) in [6, 6.07) is 0. The van der Waals surface area contributed by atoms with Crippen LogP contribution in [0.5, 0.6) is 0 Å². The van der Waals surface area contributed by atoms with Crippen LogP contribution >= 0.6 is 0 Å². The van der Waals surface area contributed by atoms with Gasteiger partial charge in [-0.25, -0.2) is 0 Å². The van der Waals surface area contributed by atoms with Crippen molar-refractivity contribution in [2.75, 3.05) is 0 Å². The molecule has 0 rings (SSSR count). The van der Waals surface area contributed by atoms with Crippen LogP contribution in [0.15, 0.2) is 0 Å². The maximum atomic E-state index is 4.58. The molecule has 0 unspecified atom stereocenters. The second kappa shape index (κ2) is 27900. The van der Waals surface area contributed by atoms with Gasteiger partial charge in [0.05, 0.1) is 0 Å². The van der Waals surface area contributed by atoms with Gasteiger partial charge in [-0.15, -0.1) is 0 Å². The Morgan fingerprint density at radius 1 is 0.171 bits per heavy atom. The zero-order valence-electron chi connectivity index (χ0n) is 1.39. The fourth-order valence-electron chi connectivity index (χ4n) is 0. The van der Waals surface area contributed by atoms with Gasteiger partial charge in [0.25, 0.3) is 0 Å². The average Bonchev–Trinajstić information content (AvgIpc) is 0.918. The summed E-state index contributed by atoms with van der Waals surface area (Å²) in [5, 5.41) is 0. The Bertz CT molecular complexity index is 39.3. The van der Waals surface area contributed by atoms with Crippen LogP contribution in [-0.4, -0.2) is 6.72 Å². The van der Waals surface area contributed by atoms with E-state index in [0.29, 0.717) is 0 Å². The first-order valence-electron chi connectivity index (χ1n) is 0.402. The predicted molar refractivity (Wildman–Crippen MR) is 276 cm³/mol. The standard InChI is InChI=1S/38CH4.BS2/c;;;;;;;;;;;;;;;;;;;;;;;;;;;;;;;;;;;;;;1-3-2/h38*1H4;. The molecule has 0 bridgehead atoms. The van der Waals surface area contributed by atoms with Gasteiger partial charge in [-0.2, -0.15) is 0 Å². The van der Waals surface area contributed by atoms with Gasteiger partial charge in [-0.1, -0.05) is 282 Å². The molecule has 0 fully saturated rings. The van der Waals surface area contributed by atoms with Crippen molar-refractivity contribution >= 4 is 27.7 Å². The quantitative estimate of drug-likeness (QED) is 0.229. The Kier molecular flexibility index (Phi) is 7390000. The van der Waals surface area contributed by atoms with Gasteiger partial charge < -0.3 is 0 Å². The molecule has 3 heteroatoms. The molecule has 0 aliphatic heterocycles. The summed E-state index contributed by atoms with van der Waals surface area (Å²) in [4.78, 5) is 0. The second-order valence-electron chi connectivity index (χ2n) is 0.0962. The molecule has 0 saturated heterocycles. The summed E-state index contributed by atoms with van der Waals surface area (Å²) >= 11 is 4.09. The zero-order chi connectivity index (χ0) is 2.71. The molecule has 0 spiro atoms. The fourth-order valence-corrected chi connectivity index (χ4v) is 0. The topological polar surface area (TPSA) is 0 Å². The van der Waals surface area contributed by atoms with E-state index < -0.39 is 0 Å². The van der Waals surface area contributed by atoms with E-state index in [2.05, 4.69) is 17.9 Å². The Labute approximate surface area is 308 Å². The average molecular weight is 685 g/mol. The third-order valence-electron chi connectivity index (χ3n) is 0. The third-order valence-corrected chi connectivity index (χ3v) is 0. The van der Waals surface area contributed by atoms with Crippen molar-refractivity contribution < 1.29 is 0 Å². The van der Waals surface area contributed by atoms with Gasteiger partial charge in [0.2, 0.25) is 0 Å². The molecule has 0 atom stereocenters. The molecule has 0 aliphatic rings. The van der Waals surface area contributed by atoms with Crippen LogP contribution in [-0.2, 0) is 20.9 Å². The van der Waals surface area contributed by atoms with Crippen molar-refractivity contribution in [3.05, 3.63) is 0 Å². The van der Waals surface area contributed by atoms with Gasteiger partial charge in [-0.05, 0) is 0 Å². The van der Waals surface area contributed by atoms with Crippen molar-refractivity contribution in [3.63, 3.8) is 0 Å². The molecular weight excluding hydrogens is 531 g/mol. The molecule has 0 aliphatic carbocycles. The molecule has 319 valence electrons. The molecular formula is C38H152BS2. The van der Waals surface area contributed by atoms with Crippen molar-refractivity contribution in [2.24, 2.45) is 0 Å². The summed E-state index contributed by atoms with van der Waals surface area (Å²) in [6.07, 6.45) is 0. The molecule has 0 amide bonds. The Hall–Kier alpha value is 0.505. The van der Waals surface area contributed by atoms with Crippen molar-refractivity contribution in [1.82, 2.24) is 0 Å². The first-order valence-corrected chi connectivity index (χ1v) is 2.21. The van der Waals surface area contributed by atoms with Crippen molar-refractivity contribution in [2.45, 2.75) is 282 Å². The number of hydrogen-bond acceptors (Lipinski definition) is 1. The number of rotatable bonds is 0. The van der Waals surface area contributed by atoms with E-state index in [9.17, 15) is 0 Å². The third kappa shape index (κ3) is 236000. The Morgan fingerprint density at radius 2 is 0.171 bits per heavy atom. The molecule has 1 radical (unpaired) electrons. The van der Waals surface area contributed by atoms with Crippen LogP contribution in [0.1, 0.15) is 282 Å². The van der Waals surface area contributed by atoms with Crippen LogP contribution in [0.3, 0.4) is 0 Å². The first kappa shape index (κ1) is 10900. The summed E-state index contributed by atoms with van der Waals surface area (Å²) in [5.74, 6) is 0. The fraction of sp³-hybridized carbons (Fsp3) is 1.00. The van der Waals surface area contributed by atoms with Crippen LogP contribution in [0.2, 0.25) is 0 Å². The van der Waals surface area contributed by atoms with Gasteiger partial charge >= 0.3 is 27.7 Å². The van der Waals surface area contributed by atoms with E-state index in [0.717, 1.165) is 9.75 Å². The van der Waals surface area contributed by atoms with Crippen molar-refractivity contribution in [3.8, 4) is 0 Å². The molecule has 0 aromatic rings. The van der Waals surface area contributed by atoms with Crippen LogP contribution in [0.25, 0.3) is 0 Å². The van der Waals surface area contributed by atoms with E-state index in [1.807, 2.05) is 0 Å². The van der Waals surface area contributed by atoms with Gasteiger partial charge in [0, 0.05) is 0 Å². The van der Waals surface area contributed by atoms with Crippen molar-refractivity contribution in [1.29, 1.82) is 0 Å². The number of hydrogen-bond donors (Lipinski definition) is 0. The summed E-state index contributed by atoms with van der Waals surface area (Å²) < 4.78 is 0. The van der Waals surface area contributed by atoms with Crippen LogP contribution < -0.4 is 0 Å². The monoisotopic (exact) mass is 684 g/mol. The van der Waals surface area contributed by atoms with Crippen LogP contribution in [0.4, 0.5) is 0 Å². The minimum atomic E-state index is 0. The zero-order valence-corrected chi connectivity index (χ0v) is 3.03. The second-order valence-corrected chi connectivity index (χ2v) is 0.866. The first-order chi connectivity index (χ1) is 1.41. The summed E-state index contributed by atoms with van der Waals surface area (Å²) in [7, 11) is 0.833. The Balaban J connectivity index is -0.0000000000284. The summed E-state index contributed by atoms with van der Waals surface area (Å²) in [6.45, 7) is 4.58. The summed E-state index contributed by atoms with van der Waals surface area (Å²) in [5.41, 5.74) is 0. The van der Waals surface area contributed by atoms with Crippen LogP contribution in [0, 0.1) is 0 Å². The van der Waals surface area contributed by atoms with E-state index >= 15 is 0 Å². The molecule has 0 aromatic heterocycles. The maximum absolute atomic E-state index is 4.58. The molecule has 41 heavy (non-hydrogen) atoms.